The summed E-state index contributed by atoms with van der Waals surface area (Å²) in [6, 6.07) is 2.58. The number of aromatic nitrogens is 2. The fourth-order valence-corrected chi connectivity index (χ4v) is 2.02. The van der Waals surface area contributed by atoms with Crippen molar-refractivity contribution in [1.29, 1.82) is 0 Å². The first-order valence-electron chi connectivity index (χ1n) is 6.01. The van der Waals surface area contributed by atoms with Crippen molar-refractivity contribution in [2.45, 2.75) is 6.18 Å². The van der Waals surface area contributed by atoms with E-state index < -0.39 is 24.9 Å². The molecule has 0 amide bonds. The van der Waals surface area contributed by atoms with Crippen LogP contribution in [0.2, 0.25) is 0 Å². The highest BCUT2D eigenvalue weighted by Crippen LogP contribution is 2.29. The number of nitrogens with zero attached hydrogens (tertiary/aromatic N) is 2. The Kier molecular flexibility index (Phi) is 4.03. The van der Waals surface area contributed by atoms with Crippen molar-refractivity contribution in [2.24, 2.45) is 0 Å². The van der Waals surface area contributed by atoms with Crippen LogP contribution in [0.4, 0.5) is 24.5 Å². The van der Waals surface area contributed by atoms with Gasteiger partial charge in [0, 0.05) is 6.54 Å². The van der Waals surface area contributed by atoms with Gasteiger partial charge in [-0.3, -0.25) is 4.79 Å². The van der Waals surface area contributed by atoms with Crippen LogP contribution in [0.1, 0.15) is 0 Å². The van der Waals surface area contributed by atoms with Gasteiger partial charge < -0.3 is 20.7 Å². The number of alkyl halides is 3. The first-order chi connectivity index (χ1) is 9.81. The van der Waals surface area contributed by atoms with Gasteiger partial charge in [-0.25, -0.2) is 4.98 Å². The van der Waals surface area contributed by atoms with E-state index in [1.165, 1.54) is 12.1 Å². The summed E-state index contributed by atoms with van der Waals surface area (Å²) in [5.74, 6) is 0. The van der Waals surface area contributed by atoms with Crippen LogP contribution in [0, 0.1) is 0 Å². The van der Waals surface area contributed by atoms with E-state index in [4.69, 9.17) is 10.8 Å². The smallest absolute Gasteiger partial charge is 0.397 e. The number of halogens is 3. The van der Waals surface area contributed by atoms with Gasteiger partial charge in [0.15, 0.2) is 0 Å². The number of hydrogen-bond donors (Lipinski definition) is 3. The molecule has 0 spiro atoms. The van der Waals surface area contributed by atoms with Crippen molar-refractivity contribution in [3.63, 3.8) is 0 Å². The predicted molar refractivity (Wildman–Crippen MR) is 72.1 cm³/mol. The molecule has 2 aromatic rings. The van der Waals surface area contributed by atoms with E-state index in [0.29, 0.717) is 0 Å². The standard InChI is InChI=1S/C12H13F3N4O2/c13-12(14,15)5-19(1-2-20)10-4-9-7(3-8(10)16)11(21)18-6-17-9/h3-4,6,20H,1-2,5,16H2,(H,17,18,21). The lowest BCUT2D eigenvalue weighted by molar-refractivity contribution is -0.119. The average molecular weight is 302 g/mol. The maximum atomic E-state index is 12.6. The Morgan fingerprint density at radius 3 is 2.71 bits per heavy atom. The van der Waals surface area contributed by atoms with Crippen LogP contribution in [0.5, 0.6) is 0 Å². The molecule has 1 heterocycles. The molecule has 2 rings (SSSR count). The second-order valence-corrected chi connectivity index (χ2v) is 4.42. The molecule has 0 atom stereocenters. The molecule has 0 radical (unpaired) electrons. The molecule has 0 fully saturated rings. The highest BCUT2D eigenvalue weighted by atomic mass is 19.4. The third-order valence-electron chi connectivity index (χ3n) is 2.87. The molecule has 6 nitrogen and oxygen atoms in total. The normalized spacial score (nSPS) is 11.8. The largest absolute Gasteiger partial charge is 0.405 e. The molecule has 21 heavy (non-hydrogen) atoms. The molecular formula is C12H13F3N4O2. The van der Waals surface area contributed by atoms with Crippen LogP contribution < -0.4 is 16.2 Å². The number of rotatable bonds is 4. The van der Waals surface area contributed by atoms with E-state index in [9.17, 15) is 18.0 Å². The van der Waals surface area contributed by atoms with Crippen molar-refractivity contribution in [3.8, 4) is 0 Å². The van der Waals surface area contributed by atoms with E-state index in [2.05, 4.69) is 9.97 Å². The molecule has 0 saturated carbocycles. The van der Waals surface area contributed by atoms with Gasteiger partial charge in [-0.2, -0.15) is 13.2 Å². The van der Waals surface area contributed by atoms with Gasteiger partial charge in [0.05, 0.1) is 35.2 Å². The van der Waals surface area contributed by atoms with Gasteiger partial charge in [-0.1, -0.05) is 0 Å². The number of nitrogen functional groups attached to an aromatic ring is 1. The molecule has 9 heteroatoms. The van der Waals surface area contributed by atoms with E-state index in [-0.39, 0.29) is 28.8 Å². The highest BCUT2D eigenvalue weighted by molar-refractivity contribution is 5.88. The summed E-state index contributed by atoms with van der Waals surface area (Å²) in [7, 11) is 0. The molecule has 114 valence electrons. The predicted octanol–water partition coefficient (Wildman–Crippen LogP) is 0.866. The topological polar surface area (TPSA) is 95.2 Å². The molecule has 0 unspecified atom stereocenters. The number of nitrogens with two attached hydrogens (primary N) is 1. The molecule has 0 aliphatic rings. The summed E-state index contributed by atoms with van der Waals surface area (Å²) in [5.41, 5.74) is 5.62. The minimum atomic E-state index is -4.45. The SMILES string of the molecule is Nc1cc2c(=O)[nH]cnc2cc1N(CCO)CC(F)(F)F. The molecule has 0 aliphatic heterocycles. The Hall–Kier alpha value is -2.29. The first kappa shape index (κ1) is 15.1. The molecule has 0 aliphatic carbocycles. The first-order valence-corrected chi connectivity index (χ1v) is 6.01. The zero-order valence-electron chi connectivity index (χ0n) is 10.8. The van der Waals surface area contributed by atoms with Crippen LogP contribution in [0.15, 0.2) is 23.3 Å². The van der Waals surface area contributed by atoms with Gasteiger partial charge in [0.25, 0.3) is 5.56 Å². The maximum Gasteiger partial charge on any atom is 0.405 e. The molecule has 0 bridgehead atoms. The number of aromatic amines is 1. The van der Waals surface area contributed by atoms with Crippen LogP contribution in [0.25, 0.3) is 10.9 Å². The number of benzene rings is 1. The van der Waals surface area contributed by atoms with Crippen molar-refractivity contribution in [1.82, 2.24) is 9.97 Å². The minimum Gasteiger partial charge on any atom is -0.397 e. The third-order valence-corrected chi connectivity index (χ3v) is 2.87. The van der Waals surface area contributed by atoms with Crippen molar-refractivity contribution < 1.29 is 18.3 Å². The van der Waals surface area contributed by atoms with Gasteiger partial charge in [0.1, 0.15) is 6.54 Å². The number of H-pyrrole nitrogens is 1. The number of anilines is 2. The Labute approximate surface area is 117 Å². The summed E-state index contributed by atoms with van der Waals surface area (Å²) < 4.78 is 37.8. The summed E-state index contributed by atoms with van der Waals surface area (Å²) in [6.07, 6.45) is -3.29. The van der Waals surface area contributed by atoms with E-state index in [0.717, 1.165) is 11.2 Å². The summed E-state index contributed by atoms with van der Waals surface area (Å²) >= 11 is 0. The lowest BCUT2D eigenvalue weighted by Crippen LogP contribution is -2.36. The van der Waals surface area contributed by atoms with Crippen molar-refractivity contribution in [2.75, 3.05) is 30.3 Å². The quantitative estimate of drug-likeness (QED) is 0.728. The number of aliphatic hydroxyl groups is 1. The molecule has 1 aromatic carbocycles. The highest BCUT2D eigenvalue weighted by Gasteiger charge is 2.31. The zero-order valence-corrected chi connectivity index (χ0v) is 10.8. The summed E-state index contributed by atoms with van der Waals surface area (Å²) in [4.78, 5) is 18.7. The van der Waals surface area contributed by atoms with Gasteiger partial charge in [-0.05, 0) is 12.1 Å². The van der Waals surface area contributed by atoms with E-state index >= 15 is 0 Å². The molecule has 4 N–H and O–H groups in total. The lowest BCUT2D eigenvalue weighted by atomic mass is 10.1. The summed E-state index contributed by atoms with van der Waals surface area (Å²) in [5, 5.41) is 9.11. The van der Waals surface area contributed by atoms with Crippen molar-refractivity contribution >= 4 is 22.3 Å². The summed E-state index contributed by atoms with van der Waals surface area (Å²) in [6.45, 7) is -1.96. The van der Waals surface area contributed by atoms with Gasteiger partial charge in [0.2, 0.25) is 0 Å². The van der Waals surface area contributed by atoms with Crippen LogP contribution in [0.3, 0.4) is 0 Å². The Balaban J connectivity index is 2.52. The van der Waals surface area contributed by atoms with E-state index in [1.807, 2.05) is 0 Å². The molecular weight excluding hydrogens is 289 g/mol. The van der Waals surface area contributed by atoms with Gasteiger partial charge >= 0.3 is 6.18 Å². The fraction of sp³-hybridized carbons (Fsp3) is 0.333. The Morgan fingerprint density at radius 2 is 2.10 bits per heavy atom. The van der Waals surface area contributed by atoms with Crippen LogP contribution >= 0.6 is 0 Å². The fourth-order valence-electron chi connectivity index (χ4n) is 2.02. The number of fused-ring (bicyclic) bond motifs is 1. The zero-order chi connectivity index (χ0) is 15.6. The van der Waals surface area contributed by atoms with Crippen LogP contribution in [-0.2, 0) is 0 Å². The second kappa shape index (κ2) is 5.60. The number of nitrogens with one attached hydrogen (secondary N) is 1. The second-order valence-electron chi connectivity index (χ2n) is 4.42. The third kappa shape index (κ3) is 3.43. The Morgan fingerprint density at radius 1 is 1.38 bits per heavy atom. The maximum absolute atomic E-state index is 12.6. The lowest BCUT2D eigenvalue weighted by Gasteiger charge is -2.26. The van der Waals surface area contributed by atoms with Gasteiger partial charge in [-0.15, -0.1) is 0 Å². The molecule has 0 saturated heterocycles. The average Bonchev–Trinajstić information content (AvgIpc) is 2.37. The van der Waals surface area contributed by atoms with Crippen LogP contribution in [-0.4, -0.2) is 40.9 Å². The molecule has 1 aromatic heterocycles. The number of hydrogen-bond acceptors (Lipinski definition) is 5. The van der Waals surface area contributed by atoms with Crippen molar-refractivity contribution in [3.05, 3.63) is 28.8 Å². The Bertz CT molecular complexity index is 699. The minimum absolute atomic E-state index is 0.0127. The number of aliphatic hydroxyl groups excluding tert-OH is 1. The van der Waals surface area contributed by atoms with E-state index in [1.54, 1.807) is 0 Å². The monoisotopic (exact) mass is 302 g/mol.